The summed E-state index contributed by atoms with van der Waals surface area (Å²) >= 11 is 1.70. The first-order valence-electron chi connectivity index (χ1n) is 7.99. The van der Waals surface area contributed by atoms with Crippen molar-refractivity contribution in [1.29, 1.82) is 0 Å². The maximum Gasteiger partial charge on any atom is 0.255 e. The lowest BCUT2D eigenvalue weighted by atomic mass is 10.2. The van der Waals surface area contributed by atoms with Crippen LogP contribution in [0.1, 0.15) is 22.8 Å². The number of hydrogen-bond acceptors (Lipinski definition) is 5. The van der Waals surface area contributed by atoms with Gasteiger partial charge in [-0.15, -0.1) is 0 Å². The molecule has 3 rings (SSSR count). The molecule has 0 spiro atoms. The maximum absolute atomic E-state index is 12.5. The van der Waals surface area contributed by atoms with E-state index in [4.69, 9.17) is 4.42 Å². The Hall–Kier alpha value is -2.12. The Bertz CT molecular complexity index is 661. The van der Waals surface area contributed by atoms with Crippen molar-refractivity contribution < 1.29 is 14.0 Å². The zero-order valence-electron chi connectivity index (χ0n) is 13.6. The number of thiophene rings is 1. The van der Waals surface area contributed by atoms with E-state index in [9.17, 15) is 9.59 Å². The highest BCUT2D eigenvalue weighted by molar-refractivity contribution is 7.07. The van der Waals surface area contributed by atoms with Gasteiger partial charge >= 0.3 is 0 Å². The zero-order valence-corrected chi connectivity index (χ0v) is 14.4. The summed E-state index contributed by atoms with van der Waals surface area (Å²) in [6.45, 7) is 5.73. The smallest absolute Gasteiger partial charge is 0.255 e. The van der Waals surface area contributed by atoms with E-state index in [1.807, 2.05) is 4.90 Å². The van der Waals surface area contributed by atoms with E-state index in [1.165, 1.54) is 18.1 Å². The van der Waals surface area contributed by atoms with Gasteiger partial charge in [0.05, 0.1) is 11.8 Å². The van der Waals surface area contributed by atoms with Crippen LogP contribution in [0.5, 0.6) is 0 Å². The molecule has 1 saturated heterocycles. The number of nitrogens with one attached hydrogen (secondary N) is 1. The molecule has 1 aliphatic rings. The van der Waals surface area contributed by atoms with E-state index in [2.05, 4.69) is 27.0 Å². The van der Waals surface area contributed by atoms with E-state index in [-0.39, 0.29) is 11.8 Å². The monoisotopic (exact) mass is 347 g/mol. The van der Waals surface area contributed by atoms with Gasteiger partial charge in [0, 0.05) is 32.7 Å². The first kappa shape index (κ1) is 16.7. The Morgan fingerprint density at radius 1 is 1.29 bits per heavy atom. The van der Waals surface area contributed by atoms with E-state index >= 15 is 0 Å². The second-order valence-electron chi connectivity index (χ2n) is 5.94. The van der Waals surface area contributed by atoms with Gasteiger partial charge in [0.2, 0.25) is 5.91 Å². The van der Waals surface area contributed by atoms with Gasteiger partial charge in [0.25, 0.3) is 5.91 Å². The molecular formula is C17H21N3O3S. The second kappa shape index (κ2) is 7.63. The standard InChI is InChI=1S/C17H21N3O3S/c1-13(18-16(21)15-2-8-23-11-15)17(22)20-6-4-19(5-7-20)10-14-3-9-24-12-14/h2-3,8-9,11-13H,4-7,10H2,1H3,(H,18,21)/t13-/m0/s1. The first-order valence-corrected chi connectivity index (χ1v) is 8.93. The van der Waals surface area contributed by atoms with Gasteiger partial charge in [-0.1, -0.05) is 0 Å². The van der Waals surface area contributed by atoms with Crippen molar-refractivity contribution in [2.75, 3.05) is 26.2 Å². The Morgan fingerprint density at radius 2 is 2.08 bits per heavy atom. The minimum atomic E-state index is -0.546. The van der Waals surface area contributed by atoms with Gasteiger partial charge in [-0.2, -0.15) is 11.3 Å². The molecule has 0 bridgehead atoms. The van der Waals surface area contributed by atoms with Crippen molar-refractivity contribution in [3.8, 4) is 0 Å². The summed E-state index contributed by atoms with van der Waals surface area (Å²) in [5.74, 6) is -0.331. The molecule has 7 heteroatoms. The number of carbonyl (C=O) groups excluding carboxylic acids is 2. The Labute approximate surface area is 145 Å². The molecule has 2 aromatic heterocycles. The van der Waals surface area contributed by atoms with Crippen LogP contribution in [0.4, 0.5) is 0 Å². The fraction of sp³-hybridized carbons (Fsp3) is 0.412. The van der Waals surface area contributed by atoms with Crippen molar-refractivity contribution in [1.82, 2.24) is 15.1 Å². The second-order valence-corrected chi connectivity index (χ2v) is 6.72. The molecule has 1 N–H and O–H groups in total. The number of rotatable bonds is 5. The summed E-state index contributed by atoms with van der Waals surface area (Å²) in [5, 5.41) is 6.97. The van der Waals surface area contributed by atoms with Crippen molar-refractivity contribution in [3.05, 3.63) is 46.5 Å². The molecule has 6 nitrogen and oxygen atoms in total. The highest BCUT2D eigenvalue weighted by atomic mass is 32.1. The highest BCUT2D eigenvalue weighted by Gasteiger charge is 2.26. The fourth-order valence-electron chi connectivity index (χ4n) is 2.78. The van der Waals surface area contributed by atoms with Crippen molar-refractivity contribution in [3.63, 3.8) is 0 Å². The average molecular weight is 347 g/mol. The lowest BCUT2D eigenvalue weighted by molar-refractivity contribution is -0.134. The van der Waals surface area contributed by atoms with Gasteiger partial charge in [-0.25, -0.2) is 0 Å². The van der Waals surface area contributed by atoms with Crippen LogP contribution in [0, 0.1) is 0 Å². The summed E-state index contributed by atoms with van der Waals surface area (Å²) in [6.07, 6.45) is 2.81. The van der Waals surface area contributed by atoms with Gasteiger partial charge in [-0.05, 0) is 35.4 Å². The Kier molecular flexibility index (Phi) is 5.32. The Morgan fingerprint density at radius 3 is 2.71 bits per heavy atom. The van der Waals surface area contributed by atoms with Crippen LogP contribution in [0.15, 0.2) is 39.8 Å². The van der Waals surface area contributed by atoms with E-state index in [0.29, 0.717) is 18.7 Å². The summed E-state index contributed by atoms with van der Waals surface area (Å²) in [5.41, 5.74) is 1.75. The fourth-order valence-corrected chi connectivity index (χ4v) is 3.44. The summed E-state index contributed by atoms with van der Waals surface area (Å²) in [6, 6.07) is 3.17. The predicted octanol–water partition coefficient (Wildman–Crippen LogP) is 1.80. The Balaban J connectivity index is 1.46. The van der Waals surface area contributed by atoms with Gasteiger partial charge < -0.3 is 14.6 Å². The highest BCUT2D eigenvalue weighted by Crippen LogP contribution is 2.12. The number of hydrogen-bond donors (Lipinski definition) is 1. The molecule has 0 radical (unpaired) electrons. The molecule has 3 heterocycles. The topological polar surface area (TPSA) is 65.8 Å². The molecule has 2 aromatic rings. The maximum atomic E-state index is 12.5. The third-order valence-corrected chi connectivity index (χ3v) is 4.90. The molecule has 1 atom stereocenters. The lowest BCUT2D eigenvalue weighted by Crippen LogP contribution is -2.53. The summed E-state index contributed by atoms with van der Waals surface area (Å²) < 4.78 is 4.89. The quantitative estimate of drug-likeness (QED) is 0.896. The summed E-state index contributed by atoms with van der Waals surface area (Å²) in [7, 11) is 0. The molecule has 1 fully saturated rings. The molecule has 1 aliphatic heterocycles. The largest absolute Gasteiger partial charge is 0.472 e. The predicted molar refractivity (Wildman–Crippen MR) is 91.8 cm³/mol. The van der Waals surface area contributed by atoms with Crippen molar-refractivity contribution in [2.24, 2.45) is 0 Å². The van der Waals surface area contributed by atoms with Gasteiger partial charge in [0.1, 0.15) is 12.3 Å². The number of amides is 2. The van der Waals surface area contributed by atoms with Crippen LogP contribution in [-0.2, 0) is 11.3 Å². The average Bonchev–Trinajstić information content (AvgIpc) is 3.28. The van der Waals surface area contributed by atoms with E-state index in [1.54, 1.807) is 24.3 Å². The SMILES string of the molecule is C[C@H](NC(=O)c1ccoc1)C(=O)N1CCN(Cc2ccsc2)CC1. The van der Waals surface area contributed by atoms with Crippen LogP contribution >= 0.6 is 11.3 Å². The zero-order chi connectivity index (χ0) is 16.9. The number of nitrogens with zero attached hydrogens (tertiary/aromatic N) is 2. The minimum absolute atomic E-state index is 0.0398. The normalized spacial score (nSPS) is 16.8. The minimum Gasteiger partial charge on any atom is -0.472 e. The van der Waals surface area contributed by atoms with Crippen molar-refractivity contribution in [2.45, 2.75) is 19.5 Å². The third-order valence-electron chi connectivity index (χ3n) is 4.17. The molecule has 0 saturated carbocycles. The first-order chi connectivity index (χ1) is 11.6. The van der Waals surface area contributed by atoms with Gasteiger partial charge in [-0.3, -0.25) is 14.5 Å². The molecule has 128 valence electrons. The number of carbonyl (C=O) groups is 2. The van der Waals surface area contributed by atoms with Crippen molar-refractivity contribution >= 4 is 23.2 Å². The molecule has 0 aromatic carbocycles. The van der Waals surface area contributed by atoms with E-state index < -0.39 is 6.04 Å². The third kappa shape index (κ3) is 4.04. The number of piperazine rings is 1. The molecular weight excluding hydrogens is 326 g/mol. The van der Waals surface area contributed by atoms with Crippen LogP contribution in [0.3, 0.4) is 0 Å². The van der Waals surface area contributed by atoms with Crippen LogP contribution < -0.4 is 5.32 Å². The molecule has 0 aliphatic carbocycles. The lowest BCUT2D eigenvalue weighted by Gasteiger charge is -2.35. The summed E-state index contributed by atoms with van der Waals surface area (Å²) in [4.78, 5) is 28.7. The molecule has 2 amide bonds. The van der Waals surface area contributed by atoms with Gasteiger partial charge in [0.15, 0.2) is 0 Å². The van der Waals surface area contributed by atoms with Crippen LogP contribution in [0.25, 0.3) is 0 Å². The van der Waals surface area contributed by atoms with Crippen LogP contribution in [-0.4, -0.2) is 53.8 Å². The van der Waals surface area contributed by atoms with Crippen LogP contribution in [0.2, 0.25) is 0 Å². The molecule has 0 unspecified atom stereocenters. The molecule has 24 heavy (non-hydrogen) atoms. The van der Waals surface area contributed by atoms with E-state index in [0.717, 1.165) is 19.6 Å². The number of furan rings is 1.